The van der Waals surface area contributed by atoms with Gasteiger partial charge in [-0.05, 0) is 119 Å². The molecule has 2 aliphatic heterocycles. The van der Waals surface area contributed by atoms with E-state index in [0.29, 0.717) is 30.0 Å². The Morgan fingerprint density at radius 3 is 2.39 bits per heavy atom. The first-order valence-corrected chi connectivity index (χ1v) is 21.4. The van der Waals surface area contributed by atoms with Gasteiger partial charge in [-0.1, -0.05) is 77.7 Å². The van der Waals surface area contributed by atoms with Gasteiger partial charge in [0.2, 0.25) is 0 Å². The van der Waals surface area contributed by atoms with Crippen LogP contribution in [0.5, 0.6) is 0 Å². The second-order valence-corrected chi connectivity index (χ2v) is 17.2. The quantitative estimate of drug-likeness (QED) is 0.0473. The van der Waals surface area contributed by atoms with Crippen LogP contribution in [-0.4, -0.2) is 47.0 Å². The number of methoxy groups -OCH3 is 1. The maximum Gasteiger partial charge on any atom is 0.321 e. The molecule has 1 aliphatic carbocycles. The van der Waals surface area contributed by atoms with Crippen LogP contribution in [0.3, 0.4) is 0 Å². The number of aromatic nitrogens is 3. The lowest BCUT2D eigenvalue weighted by Gasteiger charge is -2.18. The van der Waals surface area contributed by atoms with Gasteiger partial charge in [0.15, 0.2) is 5.78 Å². The second kappa shape index (κ2) is 18.4. The van der Waals surface area contributed by atoms with Gasteiger partial charge in [0, 0.05) is 68.4 Å². The average Bonchev–Trinajstić information content (AvgIpc) is 3.94. The number of Topliss-reactive ketones (excluding diaryl/α,β-unsaturated/α-hetero) is 1. The number of H-pyrrole nitrogens is 3. The molecule has 0 spiro atoms. The number of carbonyl (C=O) groups is 2. The number of ketones is 1. The molecule has 3 aromatic heterocycles. The van der Waals surface area contributed by atoms with Crippen LogP contribution in [0.2, 0.25) is 0 Å². The number of hydrogen-bond donors (Lipinski definition) is 4. The molecule has 3 aromatic rings. The van der Waals surface area contributed by atoms with Crippen LogP contribution < -0.4 is 16.0 Å². The maximum absolute atomic E-state index is 14.3. The third-order valence-corrected chi connectivity index (χ3v) is 12.7. The van der Waals surface area contributed by atoms with E-state index in [1.807, 2.05) is 13.0 Å². The number of esters is 1. The Kier molecular flexibility index (Phi) is 13.5. The van der Waals surface area contributed by atoms with E-state index in [2.05, 4.69) is 99.6 Å². The van der Waals surface area contributed by atoms with Crippen molar-refractivity contribution in [1.29, 1.82) is 0 Å². The summed E-state index contributed by atoms with van der Waals surface area (Å²) in [5.74, 6) is -0.162. The van der Waals surface area contributed by atoms with Crippen molar-refractivity contribution in [3.63, 3.8) is 0 Å². The Labute approximate surface area is 340 Å². The predicted molar refractivity (Wildman–Crippen MR) is 234 cm³/mol. The standard InChI is InChI=1S/C49H66N4O4/c1-11-36-31(7)38-25-35-24-34(20-15-22-57-23-21-30(6)19-14-18-29(5)17-13-16-28(3)4)46(50-35)44-45(49(55)56-10)48(54)43-33(9)40(53-47(43)44)27-42-37(12-2)32(8)39(52-42)26-41(36)51-38/h11,21,25-29,34,45,50-53H,1,12-20,22-24H2,2-10H3/b30-21+,35-25-,39-26-,42-27-,46-44-/t29-,34+,45-/m1/s1. The van der Waals surface area contributed by atoms with Crippen LogP contribution in [0, 0.1) is 44.4 Å². The van der Waals surface area contributed by atoms with E-state index < -0.39 is 11.9 Å². The van der Waals surface area contributed by atoms with E-state index >= 15 is 0 Å². The molecule has 8 heteroatoms. The van der Waals surface area contributed by atoms with Gasteiger partial charge in [-0.2, -0.15) is 0 Å². The van der Waals surface area contributed by atoms with Crippen molar-refractivity contribution < 1.29 is 19.1 Å². The SMILES string of the molecule is C=Cc1c2[nH]c(c1C)/C=C1/C[C@H](CCCOC/C=C(\C)CCC[C@H](C)CCCC(C)C)/C(=C3/c4[nH]c(c(C)c4C(=O)[C@@H]3C(=O)OC)/C=c3\[nH]/c(c(C)c3CC)=C\2)N1. The molecule has 4 N–H and O–H groups in total. The first-order chi connectivity index (χ1) is 27.4. The Bertz CT molecular complexity index is 2220. The number of hydrogen-bond acceptors (Lipinski definition) is 5. The highest BCUT2D eigenvalue weighted by Gasteiger charge is 2.47. The third kappa shape index (κ3) is 8.96. The molecule has 57 heavy (non-hydrogen) atoms. The number of allylic oxidation sites excluding steroid dienone is 3. The molecule has 0 amide bonds. The lowest BCUT2D eigenvalue weighted by Crippen LogP contribution is -2.25. The van der Waals surface area contributed by atoms with Crippen LogP contribution in [0.15, 0.2) is 29.6 Å². The fraction of sp³-hybridized carbons (Fsp3) is 0.510. The molecule has 1 fully saturated rings. The van der Waals surface area contributed by atoms with Gasteiger partial charge < -0.3 is 29.7 Å². The number of aromatic amines is 3. The maximum atomic E-state index is 14.3. The molecule has 0 unspecified atom stereocenters. The van der Waals surface area contributed by atoms with Crippen LogP contribution in [0.25, 0.3) is 29.9 Å². The summed E-state index contributed by atoms with van der Waals surface area (Å²) in [6, 6.07) is 0. The lowest BCUT2D eigenvalue weighted by molar-refractivity contribution is -0.141. The minimum Gasteiger partial charge on any atom is -0.468 e. The van der Waals surface area contributed by atoms with E-state index in [1.54, 1.807) is 0 Å². The molecule has 0 saturated carbocycles. The van der Waals surface area contributed by atoms with Crippen LogP contribution in [-0.2, 0) is 20.7 Å². The largest absolute Gasteiger partial charge is 0.468 e. The number of rotatable bonds is 17. The van der Waals surface area contributed by atoms with Gasteiger partial charge >= 0.3 is 5.97 Å². The monoisotopic (exact) mass is 775 g/mol. The van der Waals surface area contributed by atoms with Gasteiger partial charge in [-0.3, -0.25) is 9.59 Å². The van der Waals surface area contributed by atoms with E-state index in [0.717, 1.165) is 99.8 Å². The molecule has 5 heterocycles. The molecule has 8 nitrogen and oxygen atoms in total. The molecule has 1 saturated heterocycles. The zero-order valence-corrected chi connectivity index (χ0v) is 36.0. The first kappa shape index (κ1) is 42.1. The van der Waals surface area contributed by atoms with E-state index in [-0.39, 0.29) is 11.7 Å². The molecule has 0 radical (unpaired) electrons. The molecule has 6 rings (SSSR count). The van der Waals surface area contributed by atoms with Crippen molar-refractivity contribution in [2.45, 2.75) is 120 Å². The lowest BCUT2D eigenvalue weighted by atomic mass is 9.90. The predicted octanol–water partition coefficient (Wildman–Crippen LogP) is 9.50. The van der Waals surface area contributed by atoms with Crippen molar-refractivity contribution in [2.24, 2.45) is 23.7 Å². The zero-order valence-electron chi connectivity index (χ0n) is 36.0. The molecule has 3 atom stereocenters. The summed E-state index contributed by atoms with van der Waals surface area (Å²) in [6.07, 6.45) is 21.5. The Morgan fingerprint density at radius 1 is 0.930 bits per heavy atom. The highest BCUT2D eigenvalue weighted by Crippen LogP contribution is 2.46. The van der Waals surface area contributed by atoms with E-state index in [4.69, 9.17) is 9.47 Å². The van der Waals surface area contributed by atoms with Gasteiger partial charge in [-0.25, -0.2) is 0 Å². The van der Waals surface area contributed by atoms with Gasteiger partial charge in [-0.15, -0.1) is 0 Å². The first-order valence-electron chi connectivity index (χ1n) is 21.4. The number of carbonyl (C=O) groups excluding carboxylic acids is 2. The minimum absolute atomic E-state index is 0.0485. The van der Waals surface area contributed by atoms with E-state index in [1.165, 1.54) is 55.9 Å². The van der Waals surface area contributed by atoms with Crippen molar-refractivity contribution in [2.75, 3.05) is 20.3 Å². The summed E-state index contributed by atoms with van der Waals surface area (Å²) < 4.78 is 11.5. The van der Waals surface area contributed by atoms with E-state index in [9.17, 15) is 9.59 Å². The van der Waals surface area contributed by atoms with Gasteiger partial charge in [0.25, 0.3) is 0 Å². The molecule has 0 aromatic carbocycles. The van der Waals surface area contributed by atoms with Crippen molar-refractivity contribution in [3.8, 4) is 0 Å². The summed E-state index contributed by atoms with van der Waals surface area (Å²) in [5.41, 5.74) is 13.6. The Morgan fingerprint density at radius 2 is 1.67 bits per heavy atom. The Balaban J connectivity index is 1.28. The number of ether oxygens (including phenoxy) is 2. The average molecular weight is 775 g/mol. The highest BCUT2D eigenvalue weighted by atomic mass is 16.5. The zero-order chi connectivity index (χ0) is 41.0. The molecule has 3 aliphatic rings. The minimum atomic E-state index is -1.04. The molecular formula is C49H66N4O4. The van der Waals surface area contributed by atoms with Crippen molar-refractivity contribution >= 4 is 41.6 Å². The second-order valence-electron chi connectivity index (χ2n) is 17.2. The van der Waals surface area contributed by atoms with Crippen molar-refractivity contribution in [3.05, 3.63) is 96.5 Å². The Hall–Kier alpha value is -4.56. The summed E-state index contributed by atoms with van der Waals surface area (Å²) in [5, 5.41) is 5.77. The summed E-state index contributed by atoms with van der Waals surface area (Å²) in [4.78, 5) is 38.8. The summed E-state index contributed by atoms with van der Waals surface area (Å²) in [6.45, 7) is 23.0. The summed E-state index contributed by atoms with van der Waals surface area (Å²) in [7, 11) is 1.36. The smallest absolute Gasteiger partial charge is 0.321 e. The highest BCUT2D eigenvalue weighted by molar-refractivity contribution is 6.24. The topological polar surface area (TPSA) is 112 Å². The van der Waals surface area contributed by atoms with Gasteiger partial charge in [0.1, 0.15) is 5.92 Å². The normalized spacial score (nSPS) is 21.5. The summed E-state index contributed by atoms with van der Waals surface area (Å²) >= 11 is 0. The van der Waals surface area contributed by atoms with Gasteiger partial charge in [0.05, 0.1) is 19.4 Å². The molecule has 306 valence electrons. The number of fused-ring (bicyclic) bond motifs is 7. The molecular weight excluding hydrogens is 709 g/mol. The van der Waals surface area contributed by atoms with Crippen molar-refractivity contribution in [1.82, 2.24) is 20.3 Å². The fourth-order valence-electron chi connectivity index (χ4n) is 9.25. The fourth-order valence-corrected chi connectivity index (χ4v) is 9.25. The third-order valence-electron chi connectivity index (χ3n) is 12.7. The number of nitrogens with one attached hydrogen (secondary N) is 4. The van der Waals surface area contributed by atoms with Crippen LogP contribution in [0.4, 0.5) is 0 Å². The van der Waals surface area contributed by atoms with Crippen LogP contribution >= 0.6 is 0 Å². The molecule has 8 bridgehead atoms. The van der Waals surface area contributed by atoms with Crippen LogP contribution in [0.1, 0.15) is 153 Å².